The maximum Gasteiger partial charge on any atom is 0.344 e. The fraction of sp³-hybridized carbons (Fsp3) is 0.200. The van der Waals surface area contributed by atoms with Crippen LogP contribution in [0.25, 0.3) is 0 Å². The van der Waals surface area contributed by atoms with Crippen molar-refractivity contribution < 1.29 is 42.9 Å². The lowest BCUT2D eigenvalue weighted by Gasteiger charge is -2.08. The third kappa shape index (κ3) is 6.65. The second kappa shape index (κ2) is 10.5. The number of carbonyl (C=O) groups is 4. The van der Waals surface area contributed by atoms with Gasteiger partial charge in [0.1, 0.15) is 11.5 Å². The summed E-state index contributed by atoms with van der Waals surface area (Å²) in [6.45, 7) is -0.940. The Morgan fingerprint density at radius 2 is 0.966 bits per heavy atom. The van der Waals surface area contributed by atoms with Gasteiger partial charge in [0.25, 0.3) is 0 Å². The highest BCUT2D eigenvalue weighted by Gasteiger charge is 2.12. The number of ether oxygens (including phenoxy) is 5. The fourth-order valence-corrected chi connectivity index (χ4v) is 1.99. The van der Waals surface area contributed by atoms with E-state index in [2.05, 4.69) is 9.47 Å². The zero-order valence-electron chi connectivity index (χ0n) is 15.7. The van der Waals surface area contributed by atoms with E-state index in [1.165, 1.54) is 38.5 Å². The van der Waals surface area contributed by atoms with Crippen LogP contribution in [0.2, 0.25) is 0 Å². The third-order valence-electron chi connectivity index (χ3n) is 3.51. The first-order valence-electron chi connectivity index (χ1n) is 8.28. The number of rotatable bonds is 8. The molecule has 0 aromatic heterocycles. The lowest BCUT2D eigenvalue weighted by molar-refractivity contribution is -0.144. The molecule has 2 aromatic carbocycles. The number of hydrogen-bond donors (Lipinski definition) is 0. The number of hydrogen-bond acceptors (Lipinski definition) is 9. The summed E-state index contributed by atoms with van der Waals surface area (Å²) < 4.78 is 24.0. The summed E-state index contributed by atoms with van der Waals surface area (Å²) in [5.41, 5.74) is 0.481. The maximum atomic E-state index is 11.8. The van der Waals surface area contributed by atoms with E-state index in [1.807, 2.05) is 0 Å². The van der Waals surface area contributed by atoms with Crippen molar-refractivity contribution in [1.29, 1.82) is 0 Å². The molecule has 0 aliphatic carbocycles. The predicted octanol–water partition coefficient (Wildman–Crippen LogP) is 2.14. The van der Waals surface area contributed by atoms with E-state index in [0.717, 1.165) is 0 Å². The quantitative estimate of drug-likeness (QED) is 0.484. The summed E-state index contributed by atoms with van der Waals surface area (Å²) in [4.78, 5) is 45.6. The molecule has 9 nitrogen and oxygen atoms in total. The van der Waals surface area contributed by atoms with Crippen LogP contribution >= 0.6 is 0 Å². The van der Waals surface area contributed by atoms with Crippen molar-refractivity contribution in [2.24, 2.45) is 0 Å². The van der Waals surface area contributed by atoms with E-state index in [4.69, 9.17) is 14.2 Å². The smallest absolute Gasteiger partial charge is 0.344 e. The van der Waals surface area contributed by atoms with E-state index in [9.17, 15) is 19.2 Å². The molecule has 0 saturated carbocycles. The topological polar surface area (TPSA) is 114 Å². The second-order valence-corrected chi connectivity index (χ2v) is 5.46. The molecule has 152 valence electrons. The van der Waals surface area contributed by atoms with E-state index >= 15 is 0 Å². The van der Waals surface area contributed by atoms with Gasteiger partial charge >= 0.3 is 23.9 Å². The van der Waals surface area contributed by atoms with Crippen LogP contribution in [-0.2, 0) is 28.5 Å². The summed E-state index contributed by atoms with van der Waals surface area (Å²) in [7, 11) is 2.39. The average molecular weight is 402 g/mol. The van der Waals surface area contributed by atoms with E-state index in [-0.39, 0.29) is 11.1 Å². The van der Waals surface area contributed by atoms with Crippen molar-refractivity contribution in [3.63, 3.8) is 0 Å². The zero-order valence-corrected chi connectivity index (χ0v) is 15.7. The Kier molecular flexibility index (Phi) is 7.72. The highest BCUT2D eigenvalue weighted by Crippen LogP contribution is 2.22. The Labute approximate surface area is 166 Å². The van der Waals surface area contributed by atoms with Gasteiger partial charge in [-0.3, -0.25) is 0 Å². The second-order valence-electron chi connectivity index (χ2n) is 5.46. The summed E-state index contributed by atoms with van der Waals surface area (Å²) in [6, 6.07) is 12.1. The van der Waals surface area contributed by atoms with Gasteiger partial charge in [-0.15, -0.1) is 0 Å². The summed E-state index contributed by atoms with van der Waals surface area (Å²) in [6.07, 6.45) is 0. The molecule has 2 aromatic rings. The molecule has 9 heteroatoms. The number of benzene rings is 2. The minimum atomic E-state index is -0.670. The van der Waals surface area contributed by atoms with E-state index < -0.39 is 37.1 Å². The van der Waals surface area contributed by atoms with Gasteiger partial charge in [-0.05, 0) is 48.5 Å². The molecule has 0 unspecified atom stereocenters. The first-order valence-corrected chi connectivity index (χ1v) is 8.28. The van der Waals surface area contributed by atoms with Crippen LogP contribution in [0.4, 0.5) is 0 Å². The van der Waals surface area contributed by atoms with Crippen molar-refractivity contribution in [3.05, 3.63) is 59.7 Å². The van der Waals surface area contributed by atoms with Crippen LogP contribution in [0.5, 0.6) is 11.5 Å². The first-order chi connectivity index (χ1) is 13.9. The van der Waals surface area contributed by atoms with Gasteiger partial charge in [0.2, 0.25) is 0 Å². The normalized spacial score (nSPS) is 9.86. The predicted molar refractivity (Wildman–Crippen MR) is 97.6 cm³/mol. The van der Waals surface area contributed by atoms with Gasteiger partial charge in [-0.25, -0.2) is 19.2 Å². The van der Waals surface area contributed by atoms with Crippen LogP contribution in [0.1, 0.15) is 20.7 Å². The minimum absolute atomic E-state index is 0.241. The van der Waals surface area contributed by atoms with Crippen molar-refractivity contribution in [3.8, 4) is 11.5 Å². The Balaban J connectivity index is 1.91. The number of esters is 4. The molecule has 0 amide bonds. The SMILES string of the molecule is COC(=O)COC(=O)c1ccc(Oc2ccc(C(=O)OCC(=O)OC)cc2)cc1. The lowest BCUT2D eigenvalue weighted by Crippen LogP contribution is -2.15. The number of carbonyl (C=O) groups excluding carboxylic acids is 4. The van der Waals surface area contributed by atoms with Crippen molar-refractivity contribution in [1.82, 2.24) is 0 Å². The molecule has 0 fully saturated rings. The molecule has 0 heterocycles. The van der Waals surface area contributed by atoms with Crippen LogP contribution < -0.4 is 4.74 Å². The highest BCUT2D eigenvalue weighted by atomic mass is 16.6. The van der Waals surface area contributed by atoms with E-state index in [1.54, 1.807) is 24.3 Å². The molecular weight excluding hydrogens is 384 g/mol. The van der Waals surface area contributed by atoms with Crippen LogP contribution in [0, 0.1) is 0 Å². The van der Waals surface area contributed by atoms with Gasteiger partial charge < -0.3 is 23.7 Å². The molecular formula is C20H18O9. The Hall–Kier alpha value is -3.88. The molecule has 0 N–H and O–H groups in total. The monoisotopic (exact) mass is 402 g/mol. The third-order valence-corrected chi connectivity index (χ3v) is 3.51. The molecule has 0 saturated heterocycles. The maximum absolute atomic E-state index is 11.8. The highest BCUT2D eigenvalue weighted by molar-refractivity contribution is 5.91. The Morgan fingerprint density at radius 1 is 0.621 bits per heavy atom. The molecule has 0 aliphatic rings. The molecule has 0 aliphatic heterocycles. The molecule has 0 spiro atoms. The van der Waals surface area contributed by atoms with Crippen LogP contribution in [-0.4, -0.2) is 51.3 Å². The van der Waals surface area contributed by atoms with Crippen LogP contribution in [0.15, 0.2) is 48.5 Å². The van der Waals surface area contributed by atoms with Crippen molar-refractivity contribution >= 4 is 23.9 Å². The zero-order chi connectivity index (χ0) is 21.2. The molecule has 2 rings (SSSR count). The van der Waals surface area contributed by atoms with Gasteiger partial charge in [0, 0.05) is 0 Å². The van der Waals surface area contributed by atoms with Gasteiger partial charge in [0.05, 0.1) is 25.3 Å². The Bertz CT molecular complexity index is 796. The molecule has 29 heavy (non-hydrogen) atoms. The molecule has 0 atom stereocenters. The van der Waals surface area contributed by atoms with Crippen LogP contribution in [0.3, 0.4) is 0 Å². The van der Waals surface area contributed by atoms with Crippen molar-refractivity contribution in [2.75, 3.05) is 27.4 Å². The number of methoxy groups -OCH3 is 2. The van der Waals surface area contributed by atoms with Gasteiger partial charge in [0.15, 0.2) is 13.2 Å². The molecule has 0 bridgehead atoms. The van der Waals surface area contributed by atoms with Gasteiger partial charge in [-0.1, -0.05) is 0 Å². The summed E-state index contributed by atoms with van der Waals surface area (Å²) >= 11 is 0. The summed E-state index contributed by atoms with van der Waals surface area (Å²) in [5.74, 6) is -1.77. The standard InChI is InChI=1S/C20H18O9/c1-25-17(21)11-27-19(23)13-3-7-15(8-4-13)29-16-9-5-14(6-10-16)20(24)28-12-18(22)26-2/h3-10H,11-12H2,1-2H3. The van der Waals surface area contributed by atoms with Gasteiger partial charge in [-0.2, -0.15) is 0 Å². The van der Waals surface area contributed by atoms with Crippen molar-refractivity contribution in [2.45, 2.75) is 0 Å². The summed E-state index contributed by atoms with van der Waals surface area (Å²) in [5, 5.41) is 0. The first kappa shape index (κ1) is 21.4. The Morgan fingerprint density at radius 3 is 1.28 bits per heavy atom. The minimum Gasteiger partial charge on any atom is -0.466 e. The lowest BCUT2D eigenvalue weighted by atomic mass is 10.2. The fourth-order valence-electron chi connectivity index (χ4n) is 1.99. The largest absolute Gasteiger partial charge is 0.466 e. The molecule has 0 radical (unpaired) electrons. The average Bonchev–Trinajstić information content (AvgIpc) is 2.76. The van der Waals surface area contributed by atoms with E-state index in [0.29, 0.717) is 11.5 Å².